The van der Waals surface area contributed by atoms with Crippen LogP contribution in [0.25, 0.3) is 0 Å². The first-order valence-corrected chi connectivity index (χ1v) is 7.78. The molecule has 6 nitrogen and oxygen atoms in total. The van der Waals surface area contributed by atoms with Gasteiger partial charge in [-0.05, 0) is 25.5 Å². The Labute approximate surface area is 131 Å². The summed E-state index contributed by atoms with van der Waals surface area (Å²) in [5, 5.41) is 11.0. The summed E-state index contributed by atoms with van der Waals surface area (Å²) in [6.07, 6.45) is 5.50. The lowest BCUT2D eigenvalue weighted by atomic mass is 10.2. The lowest BCUT2D eigenvalue weighted by Gasteiger charge is -2.10. The van der Waals surface area contributed by atoms with Gasteiger partial charge in [0.05, 0.1) is 18.5 Å². The SMILES string of the molecule is CCNC(=NCc1cn(C)nc1CC)NCCc1ccco1. The molecule has 2 N–H and O–H groups in total. The van der Waals surface area contributed by atoms with Gasteiger partial charge in [0.25, 0.3) is 0 Å². The highest BCUT2D eigenvalue weighted by Gasteiger charge is 2.06. The molecule has 120 valence electrons. The molecule has 0 fully saturated rings. The van der Waals surface area contributed by atoms with E-state index in [1.54, 1.807) is 6.26 Å². The number of hydrogen-bond acceptors (Lipinski definition) is 3. The van der Waals surface area contributed by atoms with Crippen LogP contribution in [-0.4, -0.2) is 28.8 Å². The number of rotatable bonds is 7. The molecule has 0 bridgehead atoms. The number of nitrogens with one attached hydrogen (secondary N) is 2. The van der Waals surface area contributed by atoms with Crippen LogP contribution >= 0.6 is 0 Å². The Morgan fingerprint density at radius 2 is 2.23 bits per heavy atom. The molecule has 0 amide bonds. The highest BCUT2D eigenvalue weighted by Crippen LogP contribution is 2.08. The molecule has 6 heteroatoms. The maximum absolute atomic E-state index is 5.33. The fourth-order valence-corrected chi connectivity index (χ4v) is 2.28. The van der Waals surface area contributed by atoms with Crippen LogP contribution in [0.3, 0.4) is 0 Å². The second kappa shape index (κ2) is 8.26. The Balaban J connectivity index is 1.91. The summed E-state index contributed by atoms with van der Waals surface area (Å²) in [4.78, 5) is 4.63. The molecular formula is C16H25N5O. The highest BCUT2D eigenvalue weighted by molar-refractivity contribution is 5.79. The molecule has 0 radical (unpaired) electrons. The zero-order chi connectivity index (χ0) is 15.8. The van der Waals surface area contributed by atoms with E-state index in [9.17, 15) is 0 Å². The minimum Gasteiger partial charge on any atom is -0.469 e. The normalized spacial score (nSPS) is 11.7. The third-order valence-electron chi connectivity index (χ3n) is 3.32. The number of aromatic nitrogens is 2. The minimum atomic E-state index is 0.632. The number of hydrogen-bond donors (Lipinski definition) is 2. The zero-order valence-electron chi connectivity index (χ0n) is 13.6. The average Bonchev–Trinajstić information content (AvgIpc) is 3.14. The van der Waals surface area contributed by atoms with Gasteiger partial charge in [-0.25, -0.2) is 4.99 Å². The van der Waals surface area contributed by atoms with Crippen molar-refractivity contribution in [2.75, 3.05) is 13.1 Å². The van der Waals surface area contributed by atoms with Gasteiger partial charge in [-0.1, -0.05) is 6.92 Å². The Morgan fingerprint density at radius 1 is 1.36 bits per heavy atom. The molecule has 0 spiro atoms. The van der Waals surface area contributed by atoms with E-state index < -0.39 is 0 Å². The van der Waals surface area contributed by atoms with Crippen LogP contribution in [0.2, 0.25) is 0 Å². The number of nitrogens with zero attached hydrogens (tertiary/aromatic N) is 3. The Bertz CT molecular complexity index is 586. The fraction of sp³-hybridized carbons (Fsp3) is 0.500. The summed E-state index contributed by atoms with van der Waals surface area (Å²) in [5.74, 6) is 1.80. The van der Waals surface area contributed by atoms with E-state index in [4.69, 9.17) is 4.42 Å². The summed E-state index contributed by atoms with van der Waals surface area (Å²) in [6.45, 7) is 6.42. The van der Waals surface area contributed by atoms with Crippen molar-refractivity contribution >= 4 is 5.96 Å². The van der Waals surface area contributed by atoms with Crippen molar-refractivity contribution in [2.45, 2.75) is 33.2 Å². The van der Waals surface area contributed by atoms with Crippen LogP contribution in [0.4, 0.5) is 0 Å². The summed E-state index contributed by atoms with van der Waals surface area (Å²) >= 11 is 0. The molecule has 2 heterocycles. The summed E-state index contributed by atoms with van der Waals surface area (Å²) in [7, 11) is 1.94. The van der Waals surface area contributed by atoms with Gasteiger partial charge in [0, 0.05) is 38.3 Å². The maximum Gasteiger partial charge on any atom is 0.191 e. The monoisotopic (exact) mass is 303 g/mol. The van der Waals surface area contributed by atoms with Crippen molar-refractivity contribution in [2.24, 2.45) is 12.0 Å². The van der Waals surface area contributed by atoms with Gasteiger partial charge in [-0.2, -0.15) is 5.10 Å². The van der Waals surface area contributed by atoms with E-state index in [0.29, 0.717) is 6.54 Å². The maximum atomic E-state index is 5.33. The molecule has 0 saturated carbocycles. The van der Waals surface area contributed by atoms with E-state index in [0.717, 1.165) is 43.3 Å². The smallest absolute Gasteiger partial charge is 0.191 e. The minimum absolute atomic E-state index is 0.632. The largest absolute Gasteiger partial charge is 0.469 e. The summed E-state index contributed by atoms with van der Waals surface area (Å²) in [5.41, 5.74) is 2.28. The van der Waals surface area contributed by atoms with Crippen molar-refractivity contribution in [3.8, 4) is 0 Å². The van der Waals surface area contributed by atoms with Crippen LogP contribution in [0.1, 0.15) is 30.9 Å². The summed E-state index contributed by atoms with van der Waals surface area (Å²) in [6, 6.07) is 3.89. The van der Waals surface area contributed by atoms with Gasteiger partial charge >= 0.3 is 0 Å². The molecule has 0 aliphatic rings. The first-order chi connectivity index (χ1) is 10.7. The average molecular weight is 303 g/mol. The molecule has 0 atom stereocenters. The Hall–Kier alpha value is -2.24. The predicted molar refractivity (Wildman–Crippen MR) is 87.8 cm³/mol. The molecule has 0 saturated heterocycles. The van der Waals surface area contributed by atoms with Crippen molar-refractivity contribution in [3.63, 3.8) is 0 Å². The highest BCUT2D eigenvalue weighted by atomic mass is 16.3. The van der Waals surface area contributed by atoms with Crippen molar-refractivity contribution in [1.82, 2.24) is 20.4 Å². The molecule has 2 rings (SSSR count). The van der Waals surface area contributed by atoms with E-state index in [-0.39, 0.29) is 0 Å². The van der Waals surface area contributed by atoms with Gasteiger partial charge in [0.15, 0.2) is 5.96 Å². The molecule has 0 aliphatic carbocycles. The number of furan rings is 1. The van der Waals surface area contributed by atoms with Crippen LogP contribution in [0.5, 0.6) is 0 Å². The second-order valence-electron chi connectivity index (χ2n) is 5.08. The Morgan fingerprint density at radius 3 is 2.91 bits per heavy atom. The van der Waals surface area contributed by atoms with E-state index >= 15 is 0 Å². The van der Waals surface area contributed by atoms with Gasteiger partial charge < -0.3 is 15.1 Å². The van der Waals surface area contributed by atoms with E-state index in [2.05, 4.69) is 34.6 Å². The van der Waals surface area contributed by atoms with Crippen molar-refractivity contribution in [3.05, 3.63) is 41.6 Å². The summed E-state index contributed by atoms with van der Waals surface area (Å²) < 4.78 is 7.17. The Kier molecular flexibility index (Phi) is 6.06. The van der Waals surface area contributed by atoms with Crippen LogP contribution in [-0.2, 0) is 26.4 Å². The molecule has 0 aliphatic heterocycles. The van der Waals surface area contributed by atoms with Gasteiger partial charge in [-0.15, -0.1) is 0 Å². The quantitative estimate of drug-likeness (QED) is 0.605. The van der Waals surface area contributed by atoms with Crippen molar-refractivity contribution < 1.29 is 4.42 Å². The van der Waals surface area contributed by atoms with Gasteiger partial charge in [0.2, 0.25) is 0 Å². The lowest BCUT2D eigenvalue weighted by Crippen LogP contribution is -2.38. The molecule has 2 aromatic rings. The fourth-order valence-electron chi connectivity index (χ4n) is 2.28. The number of aliphatic imine (C=N–C) groups is 1. The second-order valence-corrected chi connectivity index (χ2v) is 5.08. The van der Waals surface area contributed by atoms with Gasteiger partial charge in [-0.3, -0.25) is 4.68 Å². The lowest BCUT2D eigenvalue weighted by molar-refractivity contribution is 0.507. The molecule has 0 unspecified atom stereocenters. The zero-order valence-corrected chi connectivity index (χ0v) is 13.6. The molecular weight excluding hydrogens is 278 g/mol. The molecule has 2 aromatic heterocycles. The molecule has 22 heavy (non-hydrogen) atoms. The third-order valence-corrected chi connectivity index (χ3v) is 3.32. The van der Waals surface area contributed by atoms with Gasteiger partial charge in [0.1, 0.15) is 5.76 Å². The van der Waals surface area contributed by atoms with E-state index in [1.165, 1.54) is 5.56 Å². The van der Waals surface area contributed by atoms with Crippen LogP contribution in [0, 0.1) is 0 Å². The standard InChI is InChI=1S/C16H25N5O/c1-4-15-13(12-21(3)20-15)11-19-16(17-5-2)18-9-8-14-7-6-10-22-14/h6-7,10,12H,4-5,8-9,11H2,1-3H3,(H2,17,18,19). The predicted octanol–water partition coefficient (Wildman–Crippen LogP) is 1.87. The molecule has 0 aromatic carbocycles. The third kappa shape index (κ3) is 4.65. The first kappa shape index (κ1) is 16.1. The van der Waals surface area contributed by atoms with Crippen LogP contribution < -0.4 is 10.6 Å². The number of aryl methyl sites for hydroxylation is 2. The van der Waals surface area contributed by atoms with Crippen LogP contribution in [0.15, 0.2) is 34.0 Å². The first-order valence-electron chi connectivity index (χ1n) is 7.78. The number of guanidine groups is 1. The van der Waals surface area contributed by atoms with Crippen molar-refractivity contribution in [1.29, 1.82) is 0 Å². The topological polar surface area (TPSA) is 67.4 Å². The van der Waals surface area contributed by atoms with E-state index in [1.807, 2.05) is 30.1 Å².